The van der Waals surface area contributed by atoms with Crippen molar-refractivity contribution < 1.29 is 109 Å². The number of ether oxygens (including phenoxy) is 8. The van der Waals surface area contributed by atoms with Gasteiger partial charge in [0.05, 0.1) is 32.5 Å². The first-order valence-electron chi connectivity index (χ1n) is 26.6. The average Bonchev–Trinajstić information content (AvgIpc) is 3.36. The van der Waals surface area contributed by atoms with Crippen molar-refractivity contribution in [3.8, 4) is 0 Å². The summed E-state index contributed by atoms with van der Waals surface area (Å²) in [5.74, 6) is -0.752. The molecule has 4 saturated heterocycles. The molecule has 4 aliphatic heterocycles. The minimum absolute atomic E-state index is 0.0992. The van der Waals surface area contributed by atoms with Crippen molar-refractivity contribution in [2.75, 3.05) is 26.4 Å². The minimum atomic E-state index is -1.88. The summed E-state index contributed by atoms with van der Waals surface area (Å²) < 4.78 is 49.1. The number of esters is 1. The number of hydrogen-bond acceptors (Lipinski definition) is 22. The van der Waals surface area contributed by atoms with Crippen LogP contribution in [0.15, 0.2) is 23.8 Å². The van der Waals surface area contributed by atoms with Crippen molar-refractivity contribution in [1.82, 2.24) is 0 Å². The van der Waals surface area contributed by atoms with Gasteiger partial charge in [-0.05, 0) is 97.7 Å². The summed E-state index contributed by atoms with van der Waals surface area (Å²) in [6.07, 6.45) is -22.3. The molecule has 0 aromatic carbocycles. The molecule has 5 aliphatic carbocycles. The second-order valence-corrected chi connectivity index (χ2v) is 24.4. The van der Waals surface area contributed by atoms with Crippen molar-refractivity contribution in [3.05, 3.63) is 23.8 Å². The fraction of sp³-hybridized carbons (Fsp3) is 0.904. The maximum atomic E-state index is 14.1. The second kappa shape index (κ2) is 21.0. The number of aliphatic hydroxyl groups excluding tert-OH is 13. The van der Waals surface area contributed by atoms with Gasteiger partial charge in [-0.15, -0.1) is 0 Å². The van der Waals surface area contributed by atoms with Crippen LogP contribution in [-0.2, 0) is 42.7 Å². The van der Waals surface area contributed by atoms with Gasteiger partial charge in [0.2, 0.25) is 0 Å². The third kappa shape index (κ3) is 9.18. The molecular formula is C52H82O22. The largest absolute Gasteiger partial charge is 0.456 e. The van der Waals surface area contributed by atoms with E-state index in [1.165, 1.54) is 5.57 Å². The minimum Gasteiger partial charge on any atom is -0.456 e. The lowest BCUT2D eigenvalue weighted by Crippen LogP contribution is -2.67. The number of carbonyl (C=O) groups is 1. The van der Waals surface area contributed by atoms with E-state index in [-0.39, 0.29) is 40.6 Å². The molecule has 0 spiro atoms. The Bertz CT molecular complexity index is 2050. The average molecular weight is 1060 g/mol. The van der Waals surface area contributed by atoms with E-state index in [9.17, 15) is 71.2 Å². The summed E-state index contributed by atoms with van der Waals surface area (Å²) in [5, 5.41) is 137. The standard InChI is InChI=1S/C52H82O22/c1-22-9-14-52(74-44(66)42-38(63)35(60)32(57)26(18-53)68-42)16-15-50(5)23(24(52)17-22)7-8-30-49(4)12-11-31(48(2,3)29(49)10-13-51(30,50)6)71-47-43(73-46-40(65)37(62)34(59)28(20-55)70-46)41(25(56)21-67-47)72-45-39(64)36(61)33(58)27(19-54)69-45/h7,24-43,45-47,53-65H,1,8-21H2,2-6H3/t24-,25-,26+,27+,28+,29+,30-,31-,32+,33+,34+,35-,36-,37-,38+,39+,40+,41-,42+,43+,45-,46-,47-,49-,50+,51+,52-/m0/s1. The van der Waals surface area contributed by atoms with Gasteiger partial charge in [-0.2, -0.15) is 0 Å². The Hall–Kier alpha value is -1.85. The van der Waals surface area contributed by atoms with E-state index in [1.54, 1.807) is 0 Å². The molecule has 9 aliphatic rings. The van der Waals surface area contributed by atoms with Crippen LogP contribution in [0.4, 0.5) is 0 Å². The fourth-order valence-corrected chi connectivity index (χ4v) is 15.8. The molecule has 8 fully saturated rings. The Labute approximate surface area is 430 Å². The molecule has 0 aromatic rings. The van der Waals surface area contributed by atoms with E-state index >= 15 is 0 Å². The molecule has 22 nitrogen and oxygen atoms in total. The SMILES string of the molecule is C=C1CC[C@]2(OC(=O)[C@@H]3O[C@H](CO)[C@@H](O)[C@H](O)[C@H]3O)CC[C@]3(C)C(=CC[C@H]4[C@@]5(C)CC[C@H](O[C@@H]6OC[C@H](O)[C@H](O[C@@H]7O[C@H](CO)[C@@H](O)[C@H](O)[C@H]7O)[C@H]6O[C@@H]6O[C@H](CO)[C@@H](O)[C@H](O)[C@H]6O)C(C)(C)[C@H]5CC[C@]43C)[C@@H]2C1. The van der Waals surface area contributed by atoms with Gasteiger partial charge >= 0.3 is 5.97 Å². The van der Waals surface area contributed by atoms with Crippen LogP contribution in [0.1, 0.15) is 98.8 Å². The third-order valence-electron chi connectivity index (χ3n) is 20.3. The Kier molecular flexibility index (Phi) is 16.1. The lowest BCUT2D eigenvalue weighted by molar-refractivity contribution is -0.389. The number of allylic oxidation sites excluding steroid dienone is 2. The zero-order valence-electron chi connectivity index (χ0n) is 43.0. The van der Waals surface area contributed by atoms with E-state index in [1.807, 2.05) is 0 Å². The first-order valence-corrected chi connectivity index (χ1v) is 26.6. The molecule has 74 heavy (non-hydrogen) atoms. The van der Waals surface area contributed by atoms with Gasteiger partial charge in [-0.3, -0.25) is 0 Å². The van der Waals surface area contributed by atoms with E-state index in [0.29, 0.717) is 38.5 Å². The maximum Gasteiger partial charge on any atom is 0.338 e. The number of hydrogen-bond donors (Lipinski definition) is 13. The summed E-state index contributed by atoms with van der Waals surface area (Å²) in [4.78, 5) is 14.1. The van der Waals surface area contributed by atoms with Crippen LogP contribution in [0.5, 0.6) is 0 Å². The van der Waals surface area contributed by atoms with Crippen molar-refractivity contribution in [3.63, 3.8) is 0 Å². The van der Waals surface area contributed by atoms with Crippen LogP contribution in [0.3, 0.4) is 0 Å². The monoisotopic (exact) mass is 1060 g/mol. The summed E-state index contributed by atoms with van der Waals surface area (Å²) >= 11 is 0. The molecule has 22 heteroatoms. The summed E-state index contributed by atoms with van der Waals surface area (Å²) in [7, 11) is 0. The molecule has 0 aromatic heterocycles. The first-order chi connectivity index (χ1) is 34.8. The van der Waals surface area contributed by atoms with Crippen LogP contribution in [0.2, 0.25) is 0 Å². The van der Waals surface area contributed by atoms with E-state index in [0.717, 1.165) is 31.3 Å². The highest BCUT2D eigenvalue weighted by Crippen LogP contribution is 2.75. The van der Waals surface area contributed by atoms with Gasteiger partial charge < -0.3 is 104 Å². The smallest absolute Gasteiger partial charge is 0.338 e. The Morgan fingerprint density at radius 2 is 1.20 bits per heavy atom. The Balaban J connectivity index is 0.967. The molecule has 13 N–H and O–H groups in total. The number of rotatable bonds is 11. The summed E-state index contributed by atoms with van der Waals surface area (Å²) in [6.45, 7) is 13.3. The quantitative estimate of drug-likeness (QED) is 0.0600. The van der Waals surface area contributed by atoms with E-state index in [4.69, 9.17) is 37.9 Å². The van der Waals surface area contributed by atoms with E-state index in [2.05, 4.69) is 47.3 Å². The highest BCUT2D eigenvalue weighted by Gasteiger charge is 2.69. The van der Waals surface area contributed by atoms with Crippen LogP contribution < -0.4 is 0 Å². The molecule has 0 radical (unpaired) electrons. The van der Waals surface area contributed by atoms with Gasteiger partial charge in [0.15, 0.2) is 25.0 Å². The summed E-state index contributed by atoms with van der Waals surface area (Å²) in [5.41, 5.74) is 0.0563. The topological polar surface area (TPSA) is 354 Å². The normalized spacial score (nSPS) is 53.4. The van der Waals surface area contributed by atoms with Crippen molar-refractivity contribution in [1.29, 1.82) is 0 Å². The molecule has 4 saturated carbocycles. The van der Waals surface area contributed by atoms with Gasteiger partial charge in [0.25, 0.3) is 0 Å². The molecule has 27 atom stereocenters. The molecule has 0 amide bonds. The van der Waals surface area contributed by atoms with Crippen LogP contribution >= 0.6 is 0 Å². The van der Waals surface area contributed by atoms with Gasteiger partial charge in [-0.1, -0.05) is 58.4 Å². The van der Waals surface area contributed by atoms with E-state index < -0.39 is 159 Å². The lowest BCUT2D eigenvalue weighted by Gasteiger charge is -2.71. The van der Waals surface area contributed by atoms with Crippen molar-refractivity contribution >= 4 is 5.97 Å². The third-order valence-corrected chi connectivity index (χ3v) is 20.3. The molecule has 0 bridgehead atoms. The highest BCUT2D eigenvalue weighted by atomic mass is 16.8. The predicted octanol–water partition coefficient (Wildman–Crippen LogP) is -2.07. The highest BCUT2D eigenvalue weighted by molar-refractivity contribution is 5.76. The molecule has 9 rings (SSSR count). The van der Waals surface area contributed by atoms with Crippen molar-refractivity contribution in [2.45, 2.75) is 227 Å². The van der Waals surface area contributed by atoms with Gasteiger partial charge in [0.1, 0.15) is 97.2 Å². The first kappa shape index (κ1) is 56.9. The van der Waals surface area contributed by atoms with Crippen molar-refractivity contribution in [2.24, 2.45) is 39.4 Å². The number of aliphatic hydroxyl groups is 13. The summed E-state index contributed by atoms with van der Waals surface area (Å²) in [6, 6.07) is 0. The van der Waals surface area contributed by atoms with Crippen LogP contribution in [-0.4, -0.2) is 227 Å². The zero-order chi connectivity index (χ0) is 53.8. The molecule has 4 heterocycles. The molecule has 0 unspecified atom stereocenters. The Morgan fingerprint density at radius 1 is 0.635 bits per heavy atom. The zero-order valence-corrected chi connectivity index (χ0v) is 43.0. The molecule has 422 valence electrons. The lowest BCUT2D eigenvalue weighted by atomic mass is 9.34. The molecular weight excluding hydrogens is 977 g/mol. The maximum absolute atomic E-state index is 14.1. The second-order valence-electron chi connectivity index (χ2n) is 24.4. The van der Waals surface area contributed by atoms with Gasteiger partial charge in [0, 0.05) is 5.92 Å². The van der Waals surface area contributed by atoms with Gasteiger partial charge in [-0.25, -0.2) is 4.79 Å². The Morgan fingerprint density at radius 3 is 1.80 bits per heavy atom. The number of fused-ring (bicyclic) bond motifs is 7. The van der Waals surface area contributed by atoms with Crippen LogP contribution in [0.25, 0.3) is 0 Å². The predicted molar refractivity (Wildman–Crippen MR) is 252 cm³/mol. The van der Waals surface area contributed by atoms with Crippen LogP contribution in [0, 0.1) is 39.4 Å². The fourth-order valence-electron chi connectivity index (χ4n) is 15.8. The number of carbonyl (C=O) groups excluding carboxylic acids is 1.